The number of carbonyl (C=O) groups is 2. The molecule has 2 aromatic carbocycles. The van der Waals surface area contributed by atoms with Crippen molar-refractivity contribution in [3.63, 3.8) is 0 Å². The van der Waals surface area contributed by atoms with E-state index >= 15 is 0 Å². The summed E-state index contributed by atoms with van der Waals surface area (Å²) in [5.41, 5.74) is 1.52. The lowest BCUT2D eigenvalue weighted by Gasteiger charge is -2.28. The van der Waals surface area contributed by atoms with Crippen LogP contribution in [-0.2, 0) is 19.6 Å². The van der Waals surface area contributed by atoms with Crippen molar-refractivity contribution in [2.75, 3.05) is 9.62 Å². The van der Waals surface area contributed by atoms with Crippen LogP contribution in [0.1, 0.15) is 19.4 Å². The van der Waals surface area contributed by atoms with Crippen LogP contribution in [0.5, 0.6) is 0 Å². The number of carbonyl (C=O) groups excluding carboxylic acids is 1. The number of amides is 1. The molecule has 0 spiro atoms. The molecule has 0 aromatic heterocycles. The van der Waals surface area contributed by atoms with Crippen molar-refractivity contribution in [3.8, 4) is 0 Å². The van der Waals surface area contributed by atoms with E-state index in [1.807, 2.05) is 0 Å². The molecule has 1 atom stereocenters. The number of carboxylic acids is 1. The summed E-state index contributed by atoms with van der Waals surface area (Å²) in [6.07, 6.45) is 0. The third-order valence-corrected chi connectivity index (χ3v) is 5.61. The molecule has 0 fully saturated rings. The number of rotatable bonds is 6. The van der Waals surface area contributed by atoms with Crippen molar-refractivity contribution in [1.29, 1.82) is 0 Å². The van der Waals surface area contributed by atoms with Crippen LogP contribution < -0.4 is 9.62 Å². The Hall–Kier alpha value is -2.87. The second-order valence-corrected chi connectivity index (χ2v) is 7.67. The van der Waals surface area contributed by atoms with Gasteiger partial charge in [-0.15, -0.1) is 0 Å². The molecule has 138 valence electrons. The van der Waals surface area contributed by atoms with Crippen molar-refractivity contribution in [1.82, 2.24) is 0 Å². The number of nitrogens with zero attached hydrogens (tertiary/aromatic N) is 1. The molecule has 8 heteroatoms. The van der Waals surface area contributed by atoms with E-state index < -0.39 is 22.0 Å². The molecule has 0 radical (unpaired) electrons. The first-order chi connectivity index (χ1) is 12.1. The minimum absolute atomic E-state index is 0.0683. The molecule has 26 heavy (non-hydrogen) atoms. The van der Waals surface area contributed by atoms with Gasteiger partial charge < -0.3 is 10.4 Å². The lowest BCUT2D eigenvalue weighted by atomic mass is 10.2. The van der Waals surface area contributed by atoms with Gasteiger partial charge in [-0.25, -0.2) is 13.2 Å². The highest BCUT2D eigenvalue weighted by molar-refractivity contribution is 7.92. The molecule has 2 aromatic rings. The van der Waals surface area contributed by atoms with Crippen molar-refractivity contribution in [2.24, 2.45) is 0 Å². The van der Waals surface area contributed by atoms with Gasteiger partial charge in [0.1, 0.15) is 6.04 Å². The van der Waals surface area contributed by atoms with Gasteiger partial charge in [0.15, 0.2) is 0 Å². The maximum absolute atomic E-state index is 13.1. The molecule has 0 aliphatic carbocycles. The highest BCUT2D eigenvalue weighted by Crippen LogP contribution is 2.27. The van der Waals surface area contributed by atoms with Crippen molar-refractivity contribution in [3.05, 3.63) is 54.1 Å². The third kappa shape index (κ3) is 4.20. The first-order valence-corrected chi connectivity index (χ1v) is 9.28. The monoisotopic (exact) mass is 376 g/mol. The smallest absolute Gasteiger partial charge is 0.327 e. The SMILES string of the molecule is CC(=O)Nc1ccc(S(=O)(=O)N(c2cccc(C)c2)C(C)C(=O)O)cc1. The van der Waals surface area contributed by atoms with Crippen LogP contribution in [0.25, 0.3) is 0 Å². The molecule has 7 nitrogen and oxygen atoms in total. The molecule has 2 N–H and O–H groups in total. The highest BCUT2D eigenvalue weighted by atomic mass is 32.2. The molecule has 1 unspecified atom stereocenters. The largest absolute Gasteiger partial charge is 0.480 e. The maximum atomic E-state index is 13.1. The van der Waals surface area contributed by atoms with Crippen molar-refractivity contribution < 1.29 is 23.1 Å². The van der Waals surface area contributed by atoms with Crippen LogP contribution in [0.4, 0.5) is 11.4 Å². The Kier molecular flexibility index (Phi) is 5.66. The van der Waals surface area contributed by atoms with Crippen molar-refractivity contribution >= 4 is 33.3 Å². The Morgan fingerprint density at radius 1 is 1.12 bits per heavy atom. The predicted molar refractivity (Wildman–Crippen MR) is 98.7 cm³/mol. The maximum Gasteiger partial charge on any atom is 0.327 e. The molecule has 0 aliphatic heterocycles. The summed E-state index contributed by atoms with van der Waals surface area (Å²) in [6.45, 7) is 4.45. The van der Waals surface area contributed by atoms with E-state index in [4.69, 9.17) is 0 Å². The Morgan fingerprint density at radius 2 is 1.73 bits per heavy atom. The molecule has 0 aliphatic rings. The Morgan fingerprint density at radius 3 is 2.23 bits per heavy atom. The zero-order valence-electron chi connectivity index (χ0n) is 14.6. The fourth-order valence-corrected chi connectivity index (χ4v) is 4.07. The van der Waals surface area contributed by atoms with Crippen LogP contribution in [0.2, 0.25) is 0 Å². The fourth-order valence-electron chi connectivity index (χ4n) is 2.46. The first kappa shape index (κ1) is 19.5. The number of hydrogen-bond donors (Lipinski definition) is 2. The third-order valence-electron chi connectivity index (χ3n) is 3.70. The van der Waals surface area contributed by atoms with Crippen LogP contribution in [0.3, 0.4) is 0 Å². The lowest BCUT2D eigenvalue weighted by molar-refractivity contribution is -0.137. The summed E-state index contributed by atoms with van der Waals surface area (Å²) in [5, 5.41) is 11.9. The molecular formula is C18H20N2O5S. The highest BCUT2D eigenvalue weighted by Gasteiger charge is 2.33. The molecule has 0 heterocycles. The zero-order valence-corrected chi connectivity index (χ0v) is 15.4. The van der Waals surface area contributed by atoms with Crippen LogP contribution in [0, 0.1) is 6.92 Å². The molecule has 0 bridgehead atoms. The van der Waals surface area contributed by atoms with Crippen LogP contribution in [0.15, 0.2) is 53.4 Å². The second-order valence-electron chi connectivity index (χ2n) is 5.86. The zero-order chi connectivity index (χ0) is 19.5. The second kappa shape index (κ2) is 7.57. The minimum Gasteiger partial charge on any atom is -0.480 e. The summed E-state index contributed by atoms with van der Waals surface area (Å²) in [4.78, 5) is 22.5. The fraction of sp³-hybridized carbons (Fsp3) is 0.222. The van der Waals surface area contributed by atoms with E-state index in [1.54, 1.807) is 31.2 Å². The van der Waals surface area contributed by atoms with Gasteiger partial charge in [-0.05, 0) is 55.8 Å². The molecule has 0 saturated heterocycles. The molecule has 1 amide bonds. The first-order valence-electron chi connectivity index (χ1n) is 7.84. The van der Waals surface area contributed by atoms with Gasteiger partial charge in [-0.3, -0.25) is 9.10 Å². The summed E-state index contributed by atoms with van der Waals surface area (Å²) in [6, 6.07) is 10.9. The normalized spacial score (nSPS) is 12.3. The van der Waals surface area contributed by atoms with Gasteiger partial charge >= 0.3 is 5.97 Å². The quantitative estimate of drug-likeness (QED) is 0.806. The van der Waals surface area contributed by atoms with Crippen LogP contribution >= 0.6 is 0 Å². The number of nitrogens with one attached hydrogen (secondary N) is 1. The van der Waals surface area contributed by atoms with Gasteiger partial charge in [0, 0.05) is 12.6 Å². The van der Waals surface area contributed by atoms with Gasteiger partial charge in [0.2, 0.25) is 5.91 Å². The Bertz CT molecular complexity index is 923. The predicted octanol–water partition coefficient (Wildman–Crippen LogP) is 2.62. The summed E-state index contributed by atoms with van der Waals surface area (Å²) in [7, 11) is -4.12. The summed E-state index contributed by atoms with van der Waals surface area (Å²) < 4.78 is 27.1. The number of aliphatic carboxylic acids is 1. The average molecular weight is 376 g/mol. The number of carboxylic acid groups (broad SMARTS) is 1. The van der Waals surface area contributed by atoms with Gasteiger partial charge in [0.05, 0.1) is 10.6 Å². The van der Waals surface area contributed by atoms with E-state index in [9.17, 15) is 23.1 Å². The Labute approximate surface area is 152 Å². The number of benzene rings is 2. The van der Waals surface area contributed by atoms with E-state index in [1.165, 1.54) is 38.1 Å². The van der Waals surface area contributed by atoms with E-state index in [0.29, 0.717) is 5.69 Å². The molecule has 0 saturated carbocycles. The summed E-state index contributed by atoms with van der Waals surface area (Å²) >= 11 is 0. The average Bonchev–Trinajstić information content (AvgIpc) is 2.54. The van der Waals surface area contributed by atoms with Gasteiger partial charge in [-0.2, -0.15) is 0 Å². The standard InChI is InChI=1S/C18H20N2O5S/c1-12-5-4-6-16(11-12)20(13(2)18(22)23)26(24,25)17-9-7-15(8-10-17)19-14(3)21/h4-11,13H,1-3H3,(H,19,21)(H,22,23). The van der Waals surface area contributed by atoms with E-state index in [-0.39, 0.29) is 16.5 Å². The summed E-state index contributed by atoms with van der Waals surface area (Å²) in [5.74, 6) is -1.54. The van der Waals surface area contributed by atoms with Crippen molar-refractivity contribution in [2.45, 2.75) is 31.7 Å². The van der Waals surface area contributed by atoms with E-state index in [2.05, 4.69) is 5.32 Å². The minimum atomic E-state index is -4.12. The number of hydrogen-bond acceptors (Lipinski definition) is 4. The molecule has 2 rings (SSSR count). The lowest BCUT2D eigenvalue weighted by Crippen LogP contribution is -2.43. The number of aryl methyl sites for hydroxylation is 1. The van der Waals surface area contributed by atoms with Gasteiger partial charge in [0.25, 0.3) is 10.0 Å². The van der Waals surface area contributed by atoms with Gasteiger partial charge in [-0.1, -0.05) is 12.1 Å². The van der Waals surface area contributed by atoms with Crippen LogP contribution in [-0.4, -0.2) is 31.4 Å². The number of anilines is 2. The topological polar surface area (TPSA) is 104 Å². The Balaban J connectivity index is 2.52. The number of sulfonamides is 1. The van der Waals surface area contributed by atoms with E-state index in [0.717, 1.165) is 9.87 Å². The molecular weight excluding hydrogens is 356 g/mol.